The molecule has 3 aromatic rings. The van der Waals surface area contributed by atoms with Crippen molar-refractivity contribution in [3.05, 3.63) is 89.2 Å². The second-order valence-corrected chi connectivity index (χ2v) is 5.95. The molecule has 0 aromatic heterocycles. The predicted octanol–water partition coefficient (Wildman–Crippen LogP) is 6.11. The molecule has 0 fully saturated rings. The van der Waals surface area contributed by atoms with Crippen molar-refractivity contribution in [2.24, 2.45) is 10.2 Å². The fraction of sp³-hybridized carbons (Fsp3) is 0.0952. The zero-order valence-electron chi connectivity index (χ0n) is 14.5. The summed E-state index contributed by atoms with van der Waals surface area (Å²) in [6.07, 6.45) is 0. The van der Waals surface area contributed by atoms with E-state index in [1.165, 1.54) is 24.3 Å². The number of hydrogen-bond donors (Lipinski definition) is 1. The fourth-order valence-electron chi connectivity index (χ4n) is 2.43. The van der Waals surface area contributed by atoms with E-state index in [0.29, 0.717) is 16.9 Å². The van der Waals surface area contributed by atoms with Crippen LogP contribution in [0, 0.1) is 19.7 Å². The van der Waals surface area contributed by atoms with Gasteiger partial charge in [0, 0.05) is 11.3 Å². The maximum absolute atomic E-state index is 13.0. The van der Waals surface area contributed by atoms with E-state index in [9.17, 15) is 9.18 Å². The molecule has 0 heterocycles. The van der Waals surface area contributed by atoms with Crippen molar-refractivity contribution < 1.29 is 9.18 Å². The Hall–Kier alpha value is -3.34. The summed E-state index contributed by atoms with van der Waals surface area (Å²) >= 11 is 0. The second-order valence-electron chi connectivity index (χ2n) is 5.95. The molecule has 4 nitrogen and oxygen atoms in total. The monoisotopic (exact) mass is 347 g/mol. The average Bonchev–Trinajstić information content (AvgIpc) is 2.63. The van der Waals surface area contributed by atoms with Crippen molar-refractivity contribution in [2.75, 3.05) is 5.32 Å². The van der Waals surface area contributed by atoms with Gasteiger partial charge in [-0.3, -0.25) is 4.79 Å². The molecule has 0 aliphatic heterocycles. The molecule has 1 N–H and O–H groups in total. The van der Waals surface area contributed by atoms with E-state index >= 15 is 0 Å². The number of anilines is 1. The van der Waals surface area contributed by atoms with Crippen LogP contribution in [0.5, 0.6) is 0 Å². The molecule has 0 saturated carbocycles. The van der Waals surface area contributed by atoms with E-state index in [4.69, 9.17) is 0 Å². The smallest absolute Gasteiger partial charge is 0.255 e. The van der Waals surface area contributed by atoms with Gasteiger partial charge in [0.25, 0.3) is 5.91 Å². The molecular weight excluding hydrogens is 329 g/mol. The summed E-state index contributed by atoms with van der Waals surface area (Å²) in [7, 11) is 0. The maximum atomic E-state index is 13.0. The van der Waals surface area contributed by atoms with Crippen LogP contribution >= 0.6 is 0 Å². The van der Waals surface area contributed by atoms with Crippen LogP contribution in [0.1, 0.15) is 21.5 Å². The third-order valence-corrected chi connectivity index (χ3v) is 3.95. The van der Waals surface area contributed by atoms with Crippen LogP contribution in [-0.4, -0.2) is 5.91 Å². The topological polar surface area (TPSA) is 53.8 Å². The number of hydrogen-bond acceptors (Lipinski definition) is 3. The van der Waals surface area contributed by atoms with Crippen molar-refractivity contribution in [3.63, 3.8) is 0 Å². The van der Waals surface area contributed by atoms with Gasteiger partial charge in [-0.25, -0.2) is 4.39 Å². The van der Waals surface area contributed by atoms with E-state index < -0.39 is 0 Å². The van der Waals surface area contributed by atoms with E-state index in [2.05, 4.69) is 15.5 Å². The second kappa shape index (κ2) is 7.70. The van der Waals surface area contributed by atoms with E-state index in [-0.39, 0.29) is 11.7 Å². The van der Waals surface area contributed by atoms with Gasteiger partial charge in [-0.2, -0.15) is 10.2 Å². The van der Waals surface area contributed by atoms with Gasteiger partial charge in [0.15, 0.2) is 0 Å². The van der Waals surface area contributed by atoms with E-state index in [1.807, 2.05) is 44.2 Å². The minimum atomic E-state index is -0.374. The van der Waals surface area contributed by atoms with Crippen LogP contribution in [0.3, 0.4) is 0 Å². The molecule has 0 saturated heterocycles. The first-order chi connectivity index (χ1) is 12.5. The number of nitrogens with zero attached hydrogens (tertiary/aromatic N) is 2. The van der Waals surface area contributed by atoms with Crippen molar-refractivity contribution in [2.45, 2.75) is 13.8 Å². The Morgan fingerprint density at radius 1 is 0.885 bits per heavy atom. The van der Waals surface area contributed by atoms with Gasteiger partial charge in [0.2, 0.25) is 0 Å². The lowest BCUT2D eigenvalue weighted by Gasteiger charge is -2.09. The summed E-state index contributed by atoms with van der Waals surface area (Å²) in [6.45, 7) is 3.86. The SMILES string of the molecule is Cc1ccccc1N=Nc1ccc(NC(=O)c2ccc(F)cc2)c(C)c1. The van der Waals surface area contributed by atoms with Gasteiger partial charge in [-0.1, -0.05) is 18.2 Å². The largest absolute Gasteiger partial charge is 0.322 e. The normalized spacial score (nSPS) is 10.9. The molecule has 5 heteroatoms. The summed E-state index contributed by atoms with van der Waals surface area (Å²) < 4.78 is 13.0. The molecule has 3 rings (SSSR count). The van der Waals surface area contributed by atoms with Crippen LogP contribution in [0.4, 0.5) is 21.5 Å². The first-order valence-corrected chi connectivity index (χ1v) is 8.18. The van der Waals surface area contributed by atoms with Crippen molar-refractivity contribution in [3.8, 4) is 0 Å². The number of nitrogens with one attached hydrogen (secondary N) is 1. The summed E-state index contributed by atoms with van der Waals surface area (Å²) in [5.41, 5.74) is 4.51. The highest BCUT2D eigenvalue weighted by Gasteiger charge is 2.08. The van der Waals surface area contributed by atoms with Crippen molar-refractivity contribution >= 4 is 23.0 Å². The molecule has 0 unspecified atom stereocenters. The van der Waals surface area contributed by atoms with Crippen molar-refractivity contribution in [1.82, 2.24) is 0 Å². The Kier molecular flexibility index (Phi) is 5.17. The van der Waals surface area contributed by atoms with Crippen LogP contribution in [0.2, 0.25) is 0 Å². The third kappa shape index (κ3) is 4.19. The van der Waals surface area contributed by atoms with Gasteiger partial charge in [0.1, 0.15) is 5.82 Å². The van der Waals surface area contributed by atoms with Crippen LogP contribution in [-0.2, 0) is 0 Å². The van der Waals surface area contributed by atoms with E-state index in [0.717, 1.165) is 16.8 Å². The van der Waals surface area contributed by atoms with Crippen LogP contribution in [0.25, 0.3) is 0 Å². The number of halogens is 1. The molecule has 0 aliphatic carbocycles. The maximum Gasteiger partial charge on any atom is 0.255 e. The first-order valence-electron chi connectivity index (χ1n) is 8.18. The molecule has 0 radical (unpaired) electrons. The summed E-state index contributed by atoms with van der Waals surface area (Å²) in [6, 6.07) is 18.6. The Balaban J connectivity index is 1.74. The van der Waals surface area contributed by atoms with Crippen LogP contribution in [0.15, 0.2) is 77.0 Å². The lowest BCUT2D eigenvalue weighted by atomic mass is 10.1. The summed E-state index contributed by atoms with van der Waals surface area (Å²) in [5, 5.41) is 11.3. The molecule has 26 heavy (non-hydrogen) atoms. The lowest BCUT2D eigenvalue weighted by Crippen LogP contribution is -2.12. The number of amides is 1. The third-order valence-electron chi connectivity index (χ3n) is 3.95. The highest BCUT2D eigenvalue weighted by Crippen LogP contribution is 2.25. The molecule has 0 spiro atoms. The van der Waals surface area contributed by atoms with Gasteiger partial charge < -0.3 is 5.32 Å². The average molecular weight is 347 g/mol. The highest BCUT2D eigenvalue weighted by molar-refractivity contribution is 6.04. The Bertz CT molecular complexity index is 965. The summed E-state index contributed by atoms with van der Waals surface area (Å²) in [5.74, 6) is -0.663. The standard InChI is InChI=1S/C21H18FN3O/c1-14-5-3-4-6-20(14)25-24-18-11-12-19(15(2)13-18)23-21(26)16-7-9-17(22)10-8-16/h3-13H,1-2H3,(H,23,26). The number of aryl methyl sites for hydroxylation is 2. The fourth-order valence-corrected chi connectivity index (χ4v) is 2.43. The quantitative estimate of drug-likeness (QED) is 0.569. The Labute approximate surface area is 151 Å². The number of benzene rings is 3. The van der Waals surface area contributed by atoms with E-state index in [1.54, 1.807) is 12.1 Å². The first kappa shape index (κ1) is 17.5. The minimum absolute atomic E-state index is 0.289. The number of azo groups is 1. The Morgan fingerprint density at radius 2 is 1.62 bits per heavy atom. The molecule has 3 aromatic carbocycles. The zero-order chi connectivity index (χ0) is 18.5. The van der Waals surface area contributed by atoms with Gasteiger partial charge in [0.05, 0.1) is 11.4 Å². The molecule has 1 amide bonds. The molecule has 0 atom stereocenters. The van der Waals surface area contributed by atoms with Crippen molar-refractivity contribution in [1.29, 1.82) is 0 Å². The van der Waals surface area contributed by atoms with Gasteiger partial charge in [-0.15, -0.1) is 0 Å². The number of carbonyl (C=O) groups excluding carboxylic acids is 1. The van der Waals surface area contributed by atoms with Gasteiger partial charge >= 0.3 is 0 Å². The highest BCUT2D eigenvalue weighted by atomic mass is 19.1. The lowest BCUT2D eigenvalue weighted by molar-refractivity contribution is 0.102. The molecule has 0 aliphatic rings. The molecule has 130 valence electrons. The number of carbonyl (C=O) groups is 1. The van der Waals surface area contributed by atoms with Crippen LogP contribution < -0.4 is 5.32 Å². The van der Waals surface area contributed by atoms with Gasteiger partial charge in [-0.05, 0) is 73.5 Å². The number of rotatable bonds is 4. The zero-order valence-corrected chi connectivity index (χ0v) is 14.5. The summed E-state index contributed by atoms with van der Waals surface area (Å²) in [4.78, 5) is 12.2. The predicted molar refractivity (Wildman–Crippen MR) is 101 cm³/mol. The molecular formula is C21H18FN3O. The molecule has 0 bridgehead atoms. The minimum Gasteiger partial charge on any atom is -0.322 e. The Morgan fingerprint density at radius 3 is 2.31 bits per heavy atom.